The highest BCUT2D eigenvalue weighted by molar-refractivity contribution is 6.00. The summed E-state index contributed by atoms with van der Waals surface area (Å²) in [5, 5.41) is 17.3. The molecule has 2 aliphatic rings. The fourth-order valence-corrected chi connectivity index (χ4v) is 5.56. The van der Waals surface area contributed by atoms with E-state index in [2.05, 4.69) is 48.0 Å². The average molecular weight is 628 g/mol. The van der Waals surface area contributed by atoms with E-state index in [1.165, 1.54) is 0 Å². The van der Waals surface area contributed by atoms with E-state index in [9.17, 15) is 9.59 Å². The van der Waals surface area contributed by atoms with Gasteiger partial charge in [-0.25, -0.2) is 19.4 Å². The van der Waals surface area contributed by atoms with E-state index < -0.39 is 0 Å². The van der Waals surface area contributed by atoms with E-state index in [4.69, 9.17) is 14.7 Å². The van der Waals surface area contributed by atoms with Gasteiger partial charge in [-0.15, -0.1) is 5.10 Å². The number of aromatic nitrogens is 5. The molecule has 3 amide bonds. The number of nitrogens with one attached hydrogen (secondary N) is 3. The normalized spacial score (nSPS) is 16.0. The molecular weight excluding hydrogens is 586 g/mol. The minimum absolute atomic E-state index is 0.120. The number of fused-ring (bicyclic) bond motifs is 1. The summed E-state index contributed by atoms with van der Waals surface area (Å²) in [4.78, 5) is 41.9. The Hall–Kier alpha value is -4.66. The Kier molecular flexibility index (Phi) is 9.96. The lowest BCUT2D eigenvalue weighted by Crippen LogP contribution is -2.45. The van der Waals surface area contributed by atoms with Crippen molar-refractivity contribution in [2.75, 3.05) is 88.2 Å². The first-order chi connectivity index (χ1) is 22.5. The van der Waals surface area contributed by atoms with Gasteiger partial charge in [0.2, 0.25) is 0 Å². The van der Waals surface area contributed by atoms with E-state index in [-0.39, 0.29) is 11.9 Å². The molecule has 46 heavy (non-hydrogen) atoms. The van der Waals surface area contributed by atoms with E-state index in [0.717, 1.165) is 63.6 Å². The van der Waals surface area contributed by atoms with Crippen molar-refractivity contribution in [3.8, 4) is 11.4 Å². The maximum absolute atomic E-state index is 12.7. The maximum Gasteiger partial charge on any atom is 0.323 e. The second kappa shape index (κ2) is 14.6. The van der Waals surface area contributed by atoms with Crippen molar-refractivity contribution in [3.05, 3.63) is 54.1 Å². The molecule has 0 aliphatic carbocycles. The molecule has 2 aliphatic heterocycles. The number of ether oxygens (including phenoxy) is 1. The van der Waals surface area contributed by atoms with E-state index in [0.29, 0.717) is 60.2 Å². The first kappa shape index (κ1) is 31.3. The van der Waals surface area contributed by atoms with Crippen LogP contribution in [0.5, 0.6) is 0 Å². The van der Waals surface area contributed by atoms with E-state index in [1.54, 1.807) is 28.9 Å². The van der Waals surface area contributed by atoms with Gasteiger partial charge < -0.3 is 35.4 Å². The molecule has 2 aromatic heterocycles. The number of likely N-dealkylation sites (N-methyl/N-ethyl adjacent to an activating group) is 1. The number of morpholine rings is 1. The Morgan fingerprint density at radius 3 is 2.22 bits per heavy atom. The molecule has 2 aromatic carbocycles. The van der Waals surface area contributed by atoms with E-state index in [1.807, 2.05) is 31.2 Å². The third-order valence-corrected chi connectivity index (χ3v) is 8.29. The van der Waals surface area contributed by atoms with Crippen LogP contribution >= 0.6 is 0 Å². The Morgan fingerprint density at radius 1 is 0.870 bits per heavy atom. The molecule has 2 saturated heterocycles. The summed E-state index contributed by atoms with van der Waals surface area (Å²) in [6.45, 7) is 11.3. The first-order valence-electron chi connectivity index (χ1n) is 15.9. The number of carbonyl (C=O) groups is 2. The summed E-state index contributed by atoms with van der Waals surface area (Å²) in [6, 6.07) is 13.8. The zero-order valence-electron chi connectivity index (χ0n) is 26.4. The molecule has 3 N–H and O–H groups in total. The molecule has 0 atom stereocenters. The van der Waals surface area contributed by atoms with Crippen molar-refractivity contribution in [1.29, 1.82) is 0 Å². The lowest BCUT2D eigenvalue weighted by atomic mass is 10.2. The number of aryl methyl sites for hydroxylation is 1. The van der Waals surface area contributed by atoms with Gasteiger partial charge in [0, 0.05) is 74.9 Å². The van der Waals surface area contributed by atoms with Crippen LogP contribution in [0.2, 0.25) is 0 Å². The highest BCUT2D eigenvalue weighted by atomic mass is 16.5. The van der Waals surface area contributed by atoms with Crippen LogP contribution in [-0.2, 0) is 11.3 Å². The van der Waals surface area contributed by atoms with Crippen molar-refractivity contribution in [1.82, 2.24) is 40.1 Å². The number of anilines is 3. The summed E-state index contributed by atoms with van der Waals surface area (Å²) in [7, 11) is 2.14. The van der Waals surface area contributed by atoms with Crippen LogP contribution in [0.1, 0.15) is 23.7 Å². The van der Waals surface area contributed by atoms with Crippen molar-refractivity contribution >= 4 is 40.3 Å². The largest absolute Gasteiger partial charge is 0.378 e. The number of benzene rings is 2. The summed E-state index contributed by atoms with van der Waals surface area (Å²) in [5.41, 5.74) is 3.91. The summed E-state index contributed by atoms with van der Waals surface area (Å²) in [6.07, 6.45) is 0.913. The Morgan fingerprint density at radius 2 is 1.54 bits per heavy atom. The monoisotopic (exact) mass is 627 g/mol. The third-order valence-electron chi connectivity index (χ3n) is 8.29. The predicted octanol–water partition coefficient (Wildman–Crippen LogP) is 2.76. The number of hydrogen-bond acceptors (Lipinski definition) is 10. The zero-order valence-corrected chi connectivity index (χ0v) is 26.4. The second-order valence-electron chi connectivity index (χ2n) is 11.5. The van der Waals surface area contributed by atoms with Gasteiger partial charge >= 0.3 is 6.03 Å². The topological polar surface area (TPSA) is 146 Å². The van der Waals surface area contributed by atoms with Gasteiger partial charge in [0.1, 0.15) is 0 Å². The van der Waals surface area contributed by atoms with Crippen LogP contribution in [-0.4, -0.2) is 119 Å². The molecule has 2 fully saturated rings. The minimum Gasteiger partial charge on any atom is -0.378 e. The third kappa shape index (κ3) is 7.58. The average Bonchev–Trinajstić information content (AvgIpc) is 3.51. The highest BCUT2D eigenvalue weighted by Gasteiger charge is 2.22. The highest BCUT2D eigenvalue weighted by Crippen LogP contribution is 2.27. The van der Waals surface area contributed by atoms with Crippen LogP contribution < -0.4 is 20.9 Å². The molecule has 14 heteroatoms. The van der Waals surface area contributed by atoms with Crippen LogP contribution in [0.4, 0.5) is 22.0 Å². The number of nitrogens with zero attached hydrogens (tertiary/aromatic N) is 8. The van der Waals surface area contributed by atoms with Crippen molar-refractivity contribution in [3.63, 3.8) is 0 Å². The van der Waals surface area contributed by atoms with Crippen molar-refractivity contribution in [2.24, 2.45) is 0 Å². The number of carbonyl (C=O) groups excluding carboxylic acids is 2. The molecule has 4 heterocycles. The van der Waals surface area contributed by atoms with Gasteiger partial charge in [-0.1, -0.05) is 5.21 Å². The second-order valence-corrected chi connectivity index (χ2v) is 11.5. The van der Waals surface area contributed by atoms with Crippen LogP contribution in [0, 0.1) is 0 Å². The minimum atomic E-state index is -0.390. The summed E-state index contributed by atoms with van der Waals surface area (Å²) < 4.78 is 7.29. The lowest BCUT2D eigenvalue weighted by Gasteiger charge is -2.32. The Labute approximate surface area is 268 Å². The number of amides is 3. The number of rotatable bonds is 10. The van der Waals surface area contributed by atoms with Gasteiger partial charge in [0.25, 0.3) is 5.91 Å². The van der Waals surface area contributed by atoms with Crippen LogP contribution in [0.15, 0.2) is 48.5 Å². The predicted molar refractivity (Wildman–Crippen MR) is 177 cm³/mol. The SMILES string of the molecule is CCn1nnc2c(N3CCOCC3)nc(-c3ccc(NC(=O)Nc4ccc(C(=O)NCCCN5CCN(C)CC5)cc4)cc3)nc21. The number of piperazine rings is 1. The van der Waals surface area contributed by atoms with Gasteiger partial charge in [-0.3, -0.25) is 4.79 Å². The maximum atomic E-state index is 12.7. The summed E-state index contributed by atoms with van der Waals surface area (Å²) >= 11 is 0. The summed E-state index contributed by atoms with van der Waals surface area (Å²) in [5.74, 6) is 1.18. The zero-order chi connectivity index (χ0) is 31.9. The van der Waals surface area contributed by atoms with Crippen LogP contribution in [0.3, 0.4) is 0 Å². The van der Waals surface area contributed by atoms with Gasteiger partial charge in [0.15, 0.2) is 22.8 Å². The Balaban J connectivity index is 1.02. The molecular formula is C32H41N11O3. The molecule has 242 valence electrons. The molecule has 0 radical (unpaired) electrons. The first-order valence-corrected chi connectivity index (χ1v) is 15.9. The molecule has 0 saturated carbocycles. The quantitative estimate of drug-likeness (QED) is 0.225. The van der Waals surface area contributed by atoms with Crippen molar-refractivity contribution in [2.45, 2.75) is 19.9 Å². The molecule has 4 aromatic rings. The van der Waals surface area contributed by atoms with E-state index >= 15 is 0 Å². The lowest BCUT2D eigenvalue weighted by molar-refractivity contribution is 0.0949. The van der Waals surface area contributed by atoms with Gasteiger partial charge in [0.05, 0.1) is 13.2 Å². The fourth-order valence-electron chi connectivity index (χ4n) is 5.56. The molecule has 0 unspecified atom stereocenters. The fraction of sp³-hybridized carbons (Fsp3) is 0.438. The number of hydrogen-bond donors (Lipinski definition) is 3. The molecule has 6 rings (SSSR count). The van der Waals surface area contributed by atoms with Crippen molar-refractivity contribution < 1.29 is 14.3 Å². The molecule has 0 bridgehead atoms. The smallest absolute Gasteiger partial charge is 0.323 e. The number of urea groups is 1. The van der Waals surface area contributed by atoms with Gasteiger partial charge in [-0.05, 0) is 75.5 Å². The molecule has 0 spiro atoms. The standard InChI is InChI=1S/C32H41N11O3/c1-3-43-30-27(38-39-43)29(42-19-21-46-22-20-42)36-28(37-30)23-5-9-25(10-6-23)34-32(45)35-26-11-7-24(8-12-26)31(44)33-13-4-14-41-17-15-40(2)16-18-41/h5-12H,3-4,13-22H2,1-2H3,(H,33,44)(H2,34,35,45). The molecule has 14 nitrogen and oxygen atoms in total. The Bertz CT molecular complexity index is 1630. The van der Waals surface area contributed by atoms with Crippen LogP contribution in [0.25, 0.3) is 22.6 Å². The van der Waals surface area contributed by atoms with Gasteiger partial charge in [-0.2, -0.15) is 0 Å².